The van der Waals surface area contributed by atoms with E-state index in [9.17, 15) is 4.79 Å². The number of methoxy groups -OCH3 is 1. The van der Waals surface area contributed by atoms with Crippen molar-refractivity contribution in [3.05, 3.63) is 76.1 Å². The van der Waals surface area contributed by atoms with Crippen LogP contribution < -0.4 is 4.74 Å². The summed E-state index contributed by atoms with van der Waals surface area (Å²) in [4.78, 5) is 13.7. The number of carbonyl (C=O) groups is 1. The minimum absolute atomic E-state index is 0.0319. The van der Waals surface area contributed by atoms with Crippen LogP contribution in [0, 0.1) is 0 Å². The number of thiophene rings is 1. The Bertz CT molecular complexity index is 1130. The number of halogens is 1. The molecule has 2 aromatic carbocycles. The summed E-state index contributed by atoms with van der Waals surface area (Å²) in [6.45, 7) is 0. The monoisotopic (exact) mass is 485 g/mol. The average molecular weight is 486 g/mol. The van der Waals surface area contributed by atoms with E-state index in [0.717, 1.165) is 26.6 Å². The van der Waals surface area contributed by atoms with Crippen molar-refractivity contribution in [2.75, 3.05) is 12.9 Å². The van der Waals surface area contributed by atoms with Gasteiger partial charge in [0.25, 0.3) is 0 Å². The number of carbonyl (C=O) groups excluding carboxylic acids is 1. The molecular formula is C21H16BrN3O2S2. The zero-order valence-electron chi connectivity index (χ0n) is 15.4. The van der Waals surface area contributed by atoms with E-state index < -0.39 is 0 Å². The Kier molecular flexibility index (Phi) is 6.13. The van der Waals surface area contributed by atoms with Crippen LogP contribution in [-0.4, -0.2) is 33.4 Å². The number of rotatable bonds is 7. The van der Waals surface area contributed by atoms with Gasteiger partial charge in [-0.05, 0) is 41.8 Å². The van der Waals surface area contributed by atoms with Crippen molar-refractivity contribution in [3.8, 4) is 22.1 Å². The van der Waals surface area contributed by atoms with Crippen LogP contribution in [0.5, 0.6) is 5.75 Å². The molecule has 2 heterocycles. The summed E-state index contributed by atoms with van der Waals surface area (Å²) in [5.74, 6) is 1.82. The number of hydrogen-bond acceptors (Lipinski definition) is 6. The van der Waals surface area contributed by atoms with Crippen molar-refractivity contribution in [2.24, 2.45) is 0 Å². The zero-order chi connectivity index (χ0) is 20.2. The second-order valence-corrected chi connectivity index (χ2v) is 8.75. The van der Waals surface area contributed by atoms with Gasteiger partial charge in [-0.15, -0.1) is 21.5 Å². The number of hydrogen-bond donors (Lipinski definition) is 0. The van der Waals surface area contributed by atoms with E-state index in [4.69, 9.17) is 4.74 Å². The van der Waals surface area contributed by atoms with E-state index in [1.807, 2.05) is 70.6 Å². The van der Waals surface area contributed by atoms with Crippen LogP contribution >= 0.6 is 39.0 Å². The highest BCUT2D eigenvalue weighted by atomic mass is 79.9. The molecule has 0 aliphatic rings. The number of thioether (sulfide) groups is 1. The summed E-state index contributed by atoms with van der Waals surface area (Å²) < 4.78 is 8.03. The lowest BCUT2D eigenvalue weighted by Gasteiger charge is -2.10. The van der Waals surface area contributed by atoms with Crippen LogP contribution in [-0.2, 0) is 0 Å². The number of ether oxygens (including phenoxy) is 1. The smallest absolute Gasteiger partial charge is 0.196 e. The topological polar surface area (TPSA) is 57.0 Å². The molecule has 0 unspecified atom stereocenters. The molecule has 0 spiro atoms. The van der Waals surface area contributed by atoms with E-state index in [1.54, 1.807) is 18.4 Å². The van der Waals surface area contributed by atoms with Gasteiger partial charge in [-0.2, -0.15) is 0 Å². The fourth-order valence-corrected chi connectivity index (χ4v) is 4.83. The fraction of sp³-hybridized carbons (Fsp3) is 0.0952. The lowest BCUT2D eigenvalue weighted by atomic mass is 10.1. The molecule has 0 bridgehead atoms. The SMILES string of the molecule is COc1ccc(-n2c(SCC(=O)c3ccccc3Br)nnc2-c2cccs2)cc1. The van der Waals surface area contributed by atoms with E-state index >= 15 is 0 Å². The van der Waals surface area contributed by atoms with Crippen molar-refractivity contribution >= 4 is 44.8 Å². The van der Waals surface area contributed by atoms with E-state index in [2.05, 4.69) is 26.1 Å². The minimum atomic E-state index is 0.0319. The van der Waals surface area contributed by atoms with Crippen LogP contribution in [0.1, 0.15) is 10.4 Å². The number of nitrogens with zero attached hydrogens (tertiary/aromatic N) is 3. The van der Waals surface area contributed by atoms with Gasteiger partial charge in [-0.3, -0.25) is 9.36 Å². The summed E-state index contributed by atoms with van der Waals surface area (Å²) >= 11 is 6.42. The minimum Gasteiger partial charge on any atom is -0.497 e. The van der Waals surface area contributed by atoms with Crippen molar-refractivity contribution in [2.45, 2.75) is 5.16 Å². The van der Waals surface area contributed by atoms with Crippen molar-refractivity contribution in [3.63, 3.8) is 0 Å². The molecule has 0 radical (unpaired) electrons. The molecule has 0 atom stereocenters. The summed E-state index contributed by atoms with van der Waals surface area (Å²) in [6, 6.07) is 19.1. The van der Waals surface area contributed by atoms with Crippen LogP contribution in [0.15, 0.2) is 75.7 Å². The summed E-state index contributed by atoms with van der Waals surface area (Å²) in [7, 11) is 1.64. The van der Waals surface area contributed by atoms with Gasteiger partial charge < -0.3 is 4.74 Å². The molecule has 29 heavy (non-hydrogen) atoms. The molecule has 146 valence electrons. The van der Waals surface area contributed by atoms with E-state index in [0.29, 0.717) is 10.7 Å². The average Bonchev–Trinajstić information content (AvgIpc) is 3.42. The second kappa shape index (κ2) is 8.94. The number of ketones is 1. The first-order valence-corrected chi connectivity index (χ1v) is 11.4. The first-order chi connectivity index (χ1) is 14.2. The van der Waals surface area contributed by atoms with Gasteiger partial charge in [0.05, 0.1) is 23.4 Å². The Morgan fingerprint density at radius 2 is 1.90 bits per heavy atom. The maximum atomic E-state index is 12.7. The first-order valence-electron chi connectivity index (χ1n) is 8.71. The number of aromatic nitrogens is 3. The van der Waals surface area contributed by atoms with Gasteiger partial charge >= 0.3 is 0 Å². The molecule has 0 amide bonds. The van der Waals surface area contributed by atoms with Crippen LogP contribution in [0.25, 0.3) is 16.4 Å². The molecule has 8 heteroatoms. The summed E-state index contributed by atoms with van der Waals surface area (Å²) in [5, 5.41) is 11.4. The maximum Gasteiger partial charge on any atom is 0.196 e. The molecule has 0 saturated carbocycles. The van der Waals surface area contributed by atoms with E-state index in [1.165, 1.54) is 11.8 Å². The van der Waals surface area contributed by atoms with Gasteiger partial charge in [0.15, 0.2) is 16.8 Å². The highest BCUT2D eigenvalue weighted by Gasteiger charge is 2.19. The maximum absolute atomic E-state index is 12.7. The molecule has 0 aliphatic carbocycles. The molecule has 0 aliphatic heterocycles. The first kappa shape index (κ1) is 19.9. The Morgan fingerprint density at radius 3 is 2.59 bits per heavy atom. The molecule has 4 rings (SSSR count). The lowest BCUT2D eigenvalue weighted by Crippen LogP contribution is -2.05. The molecule has 5 nitrogen and oxygen atoms in total. The summed E-state index contributed by atoms with van der Waals surface area (Å²) in [6.07, 6.45) is 0. The van der Waals surface area contributed by atoms with Gasteiger partial charge in [0, 0.05) is 10.0 Å². The molecule has 0 N–H and O–H groups in total. The fourth-order valence-electron chi connectivity index (χ4n) is 2.79. The van der Waals surface area contributed by atoms with Gasteiger partial charge in [0.2, 0.25) is 0 Å². The number of benzene rings is 2. The van der Waals surface area contributed by atoms with Crippen molar-refractivity contribution < 1.29 is 9.53 Å². The Hall–Kier alpha value is -2.42. The van der Waals surface area contributed by atoms with Gasteiger partial charge in [-0.25, -0.2) is 0 Å². The quantitative estimate of drug-likeness (QED) is 0.246. The predicted octanol–water partition coefficient (Wildman–Crippen LogP) is 5.74. The molecule has 0 fully saturated rings. The third kappa shape index (κ3) is 4.29. The zero-order valence-corrected chi connectivity index (χ0v) is 18.6. The molecule has 4 aromatic rings. The molecule has 0 saturated heterocycles. The largest absolute Gasteiger partial charge is 0.497 e. The normalized spacial score (nSPS) is 10.8. The van der Waals surface area contributed by atoms with Crippen LogP contribution in [0.2, 0.25) is 0 Å². The van der Waals surface area contributed by atoms with E-state index in [-0.39, 0.29) is 11.5 Å². The standard InChI is InChI=1S/C21H16BrN3O2S2/c1-27-15-10-8-14(9-11-15)25-20(19-7-4-12-28-19)23-24-21(25)29-13-18(26)16-5-2-3-6-17(16)22/h2-12H,13H2,1H3. The van der Waals surface area contributed by atoms with Crippen molar-refractivity contribution in [1.29, 1.82) is 0 Å². The Morgan fingerprint density at radius 1 is 1.10 bits per heavy atom. The third-order valence-electron chi connectivity index (χ3n) is 4.21. The highest BCUT2D eigenvalue weighted by Crippen LogP contribution is 2.31. The third-order valence-corrected chi connectivity index (χ3v) is 6.70. The number of Topliss-reactive ketones (excluding diaryl/α,β-unsaturated/α-hetero) is 1. The van der Waals surface area contributed by atoms with Crippen LogP contribution in [0.3, 0.4) is 0 Å². The predicted molar refractivity (Wildman–Crippen MR) is 120 cm³/mol. The van der Waals surface area contributed by atoms with Gasteiger partial charge in [0.1, 0.15) is 5.75 Å². The molecular weight excluding hydrogens is 470 g/mol. The van der Waals surface area contributed by atoms with Crippen LogP contribution in [0.4, 0.5) is 0 Å². The summed E-state index contributed by atoms with van der Waals surface area (Å²) in [5.41, 5.74) is 1.57. The molecule has 2 aromatic heterocycles. The highest BCUT2D eigenvalue weighted by molar-refractivity contribution is 9.10. The second-order valence-electron chi connectivity index (χ2n) is 6.01. The lowest BCUT2D eigenvalue weighted by molar-refractivity contribution is 0.102. The van der Waals surface area contributed by atoms with Gasteiger partial charge in [-0.1, -0.05) is 52.0 Å². The Labute approximate surface area is 184 Å². The Balaban J connectivity index is 1.66. The van der Waals surface area contributed by atoms with Crippen molar-refractivity contribution in [1.82, 2.24) is 14.8 Å².